The molecule has 2 amide bonds. The van der Waals surface area contributed by atoms with Gasteiger partial charge in [-0.15, -0.1) is 0 Å². The zero-order chi connectivity index (χ0) is 29.0. The summed E-state index contributed by atoms with van der Waals surface area (Å²) in [7, 11) is 3.78. The SMILES string of the molecule is CN(C)CCC(=O)Nc1cc(Nc2cc(-c3cc(Cl)ccc3F)nc3c2OCCN3C(=O)OC(C)(C)C)ccn1. The molecule has 0 bridgehead atoms. The number of rotatable bonds is 7. The van der Waals surface area contributed by atoms with Crippen LogP contribution < -0.4 is 20.3 Å². The zero-order valence-corrected chi connectivity index (χ0v) is 23.8. The summed E-state index contributed by atoms with van der Waals surface area (Å²) in [6.45, 7) is 6.28. The van der Waals surface area contributed by atoms with E-state index in [1.54, 1.807) is 45.2 Å². The lowest BCUT2D eigenvalue weighted by atomic mass is 10.1. The number of nitrogens with one attached hydrogen (secondary N) is 2. The van der Waals surface area contributed by atoms with Crippen LogP contribution in [-0.2, 0) is 9.53 Å². The lowest BCUT2D eigenvalue weighted by Gasteiger charge is -2.32. The fourth-order valence-electron chi connectivity index (χ4n) is 3.87. The van der Waals surface area contributed by atoms with Crippen molar-refractivity contribution in [1.29, 1.82) is 0 Å². The van der Waals surface area contributed by atoms with Crippen molar-refractivity contribution in [1.82, 2.24) is 14.9 Å². The minimum atomic E-state index is -0.738. The number of amides is 2. The van der Waals surface area contributed by atoms with E-state index >= 15 is 0 Å². The van der Waals surface area contributed by atoms with Crippen molar-refractivity contribution >= 4 is 46.6 Å². The Morgan fingerprint density at radius 3 is 2.70 bits per heavy atom. The molecule has 4 rings (SSSR count). The van der Waals surface area contributed by atoms with Gasteiger partial charge in [0.05, 0.1) is 17.9 Å². The first-order valence-electron chi connectivity index (χ1n) is 12.7. The Hall–Kier alpha value is -3.96. The second-order valence-corrected chi connectivity index (χ2v) is 10.9. The Labute approximate surface area is 237 Å². The third-order valence-electron chi connectivity index (χ3n) is 5.68. The summed E-state index contributed by atoms with van der Waals surface area (Å²) in [5.41, 5.74) is 0.631. The molecular formula is C28H32ClFN6O4. The summed E-state index contributed by atoms with van der Waals surface area (Å²) in [5, 5.41) is 6.36. The van der Waals surface area contributed by atoms with Crippen molar-refractivity contribution in [2.24, 2.45) is 0 Å². The van der Waals surface area contributed by atoms with Crippen LogP contribution in [0.15, 0.2) is 42.6 Å². The summed E-state index contributed by atoms with van der Waals surface area (Å²) in [5.74, 6) is 0.113. The maximum absolute atomic E-state index is 14.9. The highest BCUT2D eigenvalue weighted by molar-refractivity contribution is 6.30. The number of ether oxygens (including phenoxy) is 2. The molecule has 1 aromatic carbocycles. The quantitative estimate of drug-likeness (QED) is 0.372. The highest BCUT2D eigenvalue weighted by Gasteiger charge is 2.32. The number of fused-ring (bicyclic) bond motifs is 1. The number of aromatic nitrogens is 2. The van der Waals surface area contributed by atoms with E-state index in [-0.39, 0.29) is 41.9 Å². The van der Waals surface area contributed by atoms with Gasteiger partial charge in [0.2, 0.25) is 5.91 Å². The predicted octanol–water partition coefficient (Wildman–Crippen LogP) is 5.70. The molecule has 0 atom stereocenters. The van der Waals surface area contributed by atoms with Crippen LogP contribution in [0.3, 0.4) is 0 Å². The Kier molecular flexibility index (Phi) is 8.75. The molecule has 0 saturated carbocycles. The molecular weight excluding hydrogens is 539 g/mol. The largest absolute Gasteiger partial charge is 0.486 e. The van der Waals surface area contributed by atoms with E-state index in [1.807, 2.05) is 19.0 Å². The van der Waals surface area contributed by atoms with E-state index in [2.05, 4.69) is 20.6 Å². The molecule has 0 spiro atoms. The molecule has 1 aliphatic heterocycles. The van der Waals surface area contributed by atoms with Crippen LogP contribution >= 0.6 is 11.6 Å². The Morgan fingerprint density at radius 2 is 1.98 bits per heavy atom. The van der Waals surface area contributed by atoms with Crippen LogP contribution in [0.4, 0.5) is 32.2 Å². The first-order chi connectivity index (χ1) is 18.9. The van der Waals surface area contributed by atoms with Gasteiger partial charge in [0.15, 0.2) is 11.6 Å². The fraction of sp³-hybridized carbons (Fsp3) is 0.357. The standard InChI is InChI=1S/C28H32ClFN6O4/c1-28(2,3)40-27(38)36-12-13-39-25-22(16-21(33-26(25)36)19-14-17(29)6-7-20(19)30)32-18-8-10-31-23(15-18)34-24(37)9-11-35(4)5/h6-8,10,14-16H,9,11-13H2,1-5H3,(H2,31,32,33,34,37). The molecule has 10 nitrogen and oxygen atoms in total. The number of pyridine rings is 2. The minimum absolute atomic E-state index is 0.150. The smallest absolute Gasteiger partial charge is 0.416 e. The maximum atomic E-state index is 14.9. The second kappa shape index (κ2) is 12.1. The van der Waals surface area contributed by atoms with Crippen molar-refractivity contribution in [3.05, 3.63) is 53.4 Å². The highest BCUT2D eigenvalue weighted by Crippen LogP contribution is 2.42. The predicted molar refractivity (Wildman–Crippen MR) is 153 cm³/mol. The van der Waals surface area contributed by atoms with Gasteiger partial charge in [0.25, 0.3) is 0 Å². The van der Waals surface area contributed by atoms with Gasteiger partial charge in [-0.2, -0.15) is 0 Å². The van der Waals surface area contributed by atoms with Gasteiger partial charge >= 0.3 is 6.09 Å². The van der Waals surface area contributed by atoms with E-state index in [0.717, 1.165) is 0 Å². The molecule has 2 N–H and O–H groups in total. The summed E-state index contributed by atoms with van der Waals surface area (Å²) < 4.78 is 26.4. The highest BCUT2D eigenvalue weighted by atomic mass is 35.5. The average Bonchev–Trinajstić information content (AvgIpc) is 2.87. The minimum Gasteiger partial charge on any atom is -0.486 e. The number of halogens is 2. The number of carbonyl (C=O) groups is 2. The molecule has 0 aliphatic carbocycles. The maximum Gasteiger partial charge on any atom is 0.416 e. The van der Waals surface area contributed by atoms with Gasteiger partial charge in [-0.05, 0) is 65.2 Å². The molecule has 2 aromatic heterocycles. The van der Waals surface area contributed by atoms with E-state index in [4.69, 9.17) is 21.1 Å². The number of nitrogens with zero attached hydrogens (tertiary/aromatic N) is 4. The van der Waals surface area contributed by atoms with Crippen molar-refractivity contribution in [3.63, 3.8) is 0 Å². The van der Waals surface area contributed by atoms with Gasteiger partial charge in [-0.1, -0.05) is 11.6 Å². The van der Waals surface area contributed by atoms with Crippen LogP contribution in [-0.4, -0.2) is 66.3 Å². The molecule has 12 heteroatoms. The van der Waals surface area contributed by atoms with E-state index in [9.17, 15) is 14.0 Å². The molecule has 40 heavy (non-hydrogen) atoms. The zero-order valence-electron chi connectivity index (χ0n) is 23.0. The van der Waals surface area contributed by atoms with Crippen LogP contribution in [0.1, 0.15) is 27.2 Å². The summed E-state index contributed by atoms with van der Waals surface area (Å²) in [6.07, 6.45) is 1.25. The molecule has 0 unspecified atom stereocenters. The fourth-order valence-corrected chi connectivity index (χ4v) is 4.04. The van der Waals surface area contributed by atoms with Crippen molar-refractivity contribution in [2.75, 3.05) is 49.3 Å². The molecule has 1 aliphatic rings. The van der Waals surface area contributed by atoms with Crippen LogP contribution in [0.2, 0.25) is 5.02 Å². The number of hydrogen-bond acceptors (Lipinski definition) is 8. The van der Waals surface area contributed by atoms with Gasteiger partial charge in [0.1, 0.15) is 23.8 Å². The van der Waals surface area contributed by atoms with E-state index in [0.29, 0.717) is 35.2 Å². The normalized spacial score (nSPS) is 12.9. The molecule has 0 saturated heterocycles. The summed E-state index contributed by atoms with van der Waals surface area (Å²) in [6, 6.07) is 9.14. The van der Waals surface area contributed by atoms with Gasteiger partial charge in [0, 0.05) is 41.5 Å². The first-order valence-corrected chi connectivity index (χ1v) is 13.1. The van der Waals surface area contributed by atoms with Gasteiger partial charge < -0.3 is 25.0 Å². The lowest BCUT2D eigenvalue weighted by Crippen LogP contribution is -2.42. The van der Waals surface area contributed by atoms with Crippen molar-refractivity contribution in [2.45, 2.75) is 32.8 Å². The summed E-state index contributed by atoms with van der Waals surface area (Å²) in [4.78, 5) is 37.5. The molecule has 0 fully saturated rings. The van der Waals surface area contributed by atoms with Crippen molar-refractivity contribution in [3.8, 4) is 17.0 Å². The average molecular weight is 571 g/mol. The van der Waals surface area contributed by atoms with Gasteiger partial charge in [-0.3, -0.25) is 9.69 Å². The number of hydrogen-bond donors (Lipinski definition) is 2. The molecule has 3 aromatic rings. The van der Waals surface area contributed by atoms with Gasteiger partial charge in [-0.25, -0.2) is 19.2 Å². The monoisotopic (exact) mass is 570 g/mol. The van der Waals surface area contributed by atoms with E-state index < -0.39 is 17.5 Å². The Morgan fingerprint density at radius 1 is 1.20 bits per heavy atom. The topological polar surface area (TPSA) is 109 Å². The Bertz CT molecular complexity index is 1410. The first kappa shape index (κ1) is 29.0. The van der Waals surface area contributed by atoms with Crippen LogP contribution in [0.5, 0.6) is 5.75 Å². The second-order valence-electron chi connectivity index (χ2n) is 10.5. The van der Waals surface area contributed by atoms with Crippen molar-refractivity contribution < 1.29 is 23.5 Å². The third-order valence-corrected chi connectivity index (χ3v) is 5.92. The summed E-state index contributed by atoms with van der Waals surface area (Å²) >= 11 is 6.17. The molecule has 0 radical (unpaired) electrons. The Balaban J connectivity index is 1.73. The lowest BCUT2D eigenvalue weighted by molar-refractivity contribution is -0.116. The number of benzene rings is 1. The molecule has 3 heterocycles. The third kappa shape index (κ3) is 7.36. The molecule has 212 valence electrons. The number of carbonyl (C=O) groups excluding carboxylic acids is 2. The van der Waals surface area contributed by atoms with Crippen LogP contribution in [0, 0.1) is 5.82 Å². The van der Waals surface area contributed by atoms with Crippen LogP contribution in [0.25, 0.3) is 11.3 Å². The number of anilines is 4. The van der Waals surface area contributed by atoms with E-state index in [1.165, 1.54) is 23.1 Å².